The van der Waals surface area contributed by atoms with E-state index in [1.54, 1.807) is 0 Å². The van der Waals surface area contributed by atoms with Crippen LogP contribution < -0.4 is 0 Å². The number of hydrazone groups is 1. The van der Waals surface area contributed by atoms with Crippen molar-refractivity contribution in [2.75, 3.05) is 39.8 Å². The van der Waals surface area contributed by atoms with E-state index in [9.17, 15) is 13.6 Å². The minimum atomic E-state index is -0.523. The van der Waals surface area contributed by atoms with Gasteiger partial charge in [0.25, 0.3) is 5.91 Å². The van der Waals surface area contributed by atoms with Crippen molar-refractivity contribution in [2.24, 2.45) is 11.0 Å². The van der Waals surface area contributed by atoms with Crippen LogP contribution in [0.3, 0.4) is 0 Å². The summed E-state index contributed by atoms with van der Waals surface area (Å²) in [6.07, 6.45) is 8.05. The summed E-state index contributed by atoms with van der Waals surface area (Å²) in [6, 6.07) is 3.11. The summed E-state index contributed by atoms with van der Waals surface area (Å²) in [5.74, 6) is -1.09. The highest BCUT2D eigenvalue weighted by Gasteiger charge is 2.34. The molecule has 1 amide bonds. The second kappa shape index (κ2) is 15.1. The lowest BCUT2D eigenvalue weighted by molar-refractivity contribution is -0.138. The van der Waals surface area contributed by atoms with Crippen molar-refractivity contribution in [3.63, 3.8) is 0 Å². The number of carbonyl (C=O) groups is 1. The highest BCUT2D eigenvalue weighted by molar-refractivity contribution is 7.59. The van der Waals surface area contributed by atoms with Gasteiger partial charge < -0.3 is 4.90 Å². The predicted molar refractivity (Wildman–Crippen MR) is 142 cm³/mol. The van der Waals surface area contributed by atoms with E-state index in [0.717, 1.165) is 50.8 Å². The maximum atomic E-state index is 14.4. The molecule has 2 atom stereocenters. The first-order chi connectivity index (χ1) is 15.8. The van der Waals surface area contributed by atoms with Gasteiger partial charge >= 0.3 is 0 Å². The van der Waals surface area contributed by atoms with Crippen LogP contribution in [0.5, 0.6) is 0 Å². The molecule has 2 aliphatic heterocycles. The molecule has 0 saturated carbocycles. The number of benzene rings is 1. The van der Waals surface area contributed by atoms with E-state index in [-0.39, 0.29) is 36.9 Å². The fraction of sp³-hybridized carbons (Fsp3) is 0.538. The van der Waals surface area contributed by atoms with Crippen LogP contribution in [0.2, 0.25) is 0 Å². The molecule has 3 rings (SSSR count). The second-order valence-corrected chi connectivity index (χ2v) is 8.54. The lowest BCUT2D eigenvalue weighted by atomic mass is 9.94. The van der Waals surface area contributed by atoms with Gasteiger partial charge in [-0.15, -0.1) is 6.58 Å². The van der Waals surface area contributed by atoms with Crippen LogP contribution in [0.4, 0.5) is 8.78 Å². The van der Waals surface area contributed by atoms with E-state index in [4.69, 9.17) is 0 Å². The Bertz CT molecular complexity index is 853. The van der Waals surface area contributed by atoms with Gasteiger partial charge in [0.05, 0.1) is 18.3 Å². The van der Waals surface area contributed by atoms with Crippen LogP contribution in [0.1, 0.15) is 45.6 Å². The van der Waals surface area contributed by atoms with E-state index >= 15 is 0 Å². The van der Waals surface area contributed by atoms with Crippen molar-refractivity contribution < 1.29 is 13.6 Å². The van der Waals surface area contributed by atoms with Gasteiger partial charge in [0.2, 0.25) is 0 Å². The molecule has 1 aromatic carbocycles. The molecule has 190 valence electrons. The first-order valence-corrected chi connectivity index (χ1v) is 11.8. The maximum absolute atomic E-state index is 14.4. The van der Waals surface area contributed by atoms with E-state index in [1.165, 1.54) is 5.01 Å². The standard InChI is InChI=1S/C22H30F2N4O.C4H8.H2S/c1-4-6-16-13-20(18-14-17(23)7-8-19(18)24)25-28(15-16)22(29)21(5-2)27-11-9-26(3)10-12-27;1-3-4-2;/h4,6-8,14,16,21H,5,9-13,15H2,1-3H3;3H,1,4H2,2H3;1H2/b6-4+;;/t16-,21?;;/m1../s1. The molecule has 34 heavy (non-hydrogen) atoms. The van der Waals surface area contributed by atoms with Crippen LogP contribution in [0.25, 0.3) is 0 Å². The highest BCUT2D eigenvalue weighted by Crippen LogP contribution is 2.24. The predicted octanol–water partition coefficient (Wildman–Crippen LogP) is 4.81. The zero-order valence-corrected chi connectivity index (χ0v) is 21.9. The monoisotopic (exact) mass is 494 g/mol. The van der Waals surface area contributed by atoms with Crippen LogP contribution in [-0.4, -0.2) is 72.2 Å². The van der Waals surface area contributed by atoms with Crippen molar-refractivity contribution in [1.82, 2.24) is 14.8 Å². The summed E-state index contributed by atoms with van der Waals surface area (Å²) in [5, 5.41) is 5.96. The average molecular weight is 495 g/mol. The highest BCUT2D eigenvalue weighted by atomic mass is 32.1. The third-order valence-electron chi connectivity index (χ3n) is 6.00. The van der Waals surface area contributed by atoms with Gasteiger partial charge in [0.15, 0.2) is 0 Å². The van der Waals surface area contributed by atoms with Gasteiger partial charge in [-0.05, 0) is 45.0 Å². The third kappa shape index (κ3) is 8.32. The van der Waals surface area contributed by atoms with Gasteiger partial charge in [-0.25, -0.2) is 13.8 Å². The molecule has 2 heterocycles. The number of hydrogen-bond acceptors (Lipinski definition) is 4. The largest absolute Gasteiger partial charge is 0.304 e. The van der Waals surface area contributed by atoms with Crippen molar-refractivity contribution >= 4 is 25.1 Å². The summed E-state index contributed by atoms with van der Waals surface area (Å²) < 4.78 is 28.1. The van der Waals surface area contributed by atoms with Gasteiger partial charge in [0.1, 0.15) is 11.6 Å². The summed E-state index contributed by atoms with van der Waals surface area (Å²) in [6.45, 7) is 13.4. The van der Waals surface area contributed by atoms with Crippen molar-refractivity contribution in [2.45, 2.75) is 46.1 Å². The molecule has 8 heteroatoms. The minimum Gasteiger partial charge on any atom is -0.304 e. The third-order valence-corrected chi connectivity index (χ3v) is 6.00. The fourth-order valence-electron chi connectivity index (χ4n) is 4.08. The Morgan fingerprint density at radius 2 is 1.88 bits per heavy atom. The normalized spacial score (nSPS) is 20.1. The van der Waals surface area contributed by atoms with Gasteiger partial charge in [-0.1, -0.05) is 32.1 Å². The van der Waals surface area contributed by atoms with Crippen molar-refractivity contribution in [3.05, 3.63) is 60.2 Å². The van der Waals surface area contributed by atoms with Crippen molar-refractivity contribution in [3.8, 4) is 0 Å². The van der Waals surface area contributed by atoms with E-state index < -0.39 is 11.6 Å². The minimum absolute atomic E-state index is 0. The average Bonchev–Trinajstić information content (AvgIpc) is 2.82. The summed E-state index contributed by atoms with van der Waals surface area (Å²) in [7, 11) is 2.08. The van der Waals surface area contributed by atoms with Crippen LogP contribution in [-0.2, 0) is 4.79 Å². The Morgan fingerprint density at radius 1 is 1.24 bits per heavy atom. The quantitative estimate of drug-likeness (QED) is 0.533. The molecule has 5 nitrogen and oxygen atoms in total. The molecule has 1 fully saturated rings. The number of piperazine rings is 1. The van der Waals surface area contributed by atoms with Gasteiger partial charge in [0, 0.05) is 44.1 Å². The van der Waals surface area contributed by atoms with E-state index in [0.29, 0.717) is 25.1 Å². The zero-order valence-electron chi connectivity index (χ0n) is 20.9. The van der Waals surface area contributed by atoms with Crippen LogP contribution >= 0.6 is 13.5 Å². The number of halogens is 2. The molecule has 1 saturated heterocycles. The Balaban J connectivity index is 0.00000107. The number of rotatable bonds is 6. The first-order valence-electron chi connectivity index (χ1n) is 11.8. The molecule has 0 N–H and O–H groups in total. The molecular formula is C26H40F2N4OS. The lowest BCUT2D eigenvalue weighted by Gasteiger charge is -2.39. The first kappa shape index (κ1) is 30.0. The second-order valence-electron chi connectivity index (χ2n) is 8.54. The molecule has 0 aliphatic carbocycles. The molecule has 0 radical (unpaired) electrons. The van der Waals surface area contributed by atoms with Gasteiger partial charge in [-0.2, -0.15) is 18.6 Å². The summed E-state index contributed by atoms with van der Waals surface area (Å²) in [4.78, 5) is 17.8. The van der Waals surface area contributed by atoms with Crippen LogP contribution in [0.15, 0.2) is 48.1 Å². The van der Waals surface area contributed by atoms with E-state index in [2.05, 4.69) is 35.5 Å². The number of hydrogen-bond donors (Lipinski definition) is 0. The SMILES string of the molecule is C/C=C/[C@@H]1CC(c2cc(F)ccc2F)=NN(C(=O)C(CC)N2CCN(C)CC2)C1.C=CCC.S. The molecule has 0 bridgehead atoms. The number of likely N-dealkylation sites (N-methyl/N-ethyl adjacent to an activating group) is 1. The Labute approximate surface area is 210 Å². The zero-order chi connectivity index (χ0) is 24.4. The lowest BCUT2D eigenvalue weighted by Crippen LogP contribution is -2.55. The molecule has 0 spiro atoms. The topological polar surface area (TPSA) is 39.2 Å². The maximum Gasteiger partial charge on any atom is 0.260 e. The number of allylic oxidation sites excluding steroid dienone is 2. The number of carbonyl (C=O) groups excluding carboxylic acids is 1. The molecular weight excluding hydrogens is 454 g/mol. The fourth-order valence-corrected chi connectivity index (χ4v) is 4.08. The van der Waals surface area contributed by atoms with Crippen LogP contribution in [0, 0.1) is 17.6 Å². The van der Waals surface area contributed by atoms with E-state index in [1.807, 2.05) is 32.1 Å². The number of amides is 1. The summed E-state index contributed by atoms with van der Waals surface area (Å²) in [5.41, 5.74) is 0.544. The summed E-state index contributed by atoms with van der Waals surface area (Å²) >= 11 is 0. The molecule has 0 aromatic heterocycles. The Hall–Kier alpha value is -2.03. The molecule has 1 unspecified atom stereocenters. The Morgan fingerprint density at radius 3 is 2.44 bits per heavy atom. The Kier molecular flexibility index (Phi) is 13.3. The van der Waals surface area contributed by atoms with Crippen molar-refractivity contribution in [1.29, 1.82) is 0 Å². The molecule has 1 aromatic rings. The molecule has 2 aliphatic rings. The number of nitrogens with zero attached hydrogens (tertiary/aromatic N) is 4. The smallest absolute Gasteiger partial charge is 0.260 e. The van der Waals surface area contributed by atoms with Gasteiger partial charge in [-0.3, -0.25) is 9.69 Å².